The summed E-state index contributed by atoms with van der Waals surface area (Å²) in [5.74, 6) is -1.42. The second kappa shape index (κ2) is 11.6. The van der Waals surface area contributed by atoms with Crippen molar-refractivity contribution in [2.24, 2.45) is 11.8 Å². The van der Waals surface area contributed by atoms with Crippen LogP contribution in [0.5, 0.6) is 5.75 Å². The van der Waals surface area contributed by atoms with E-state index in [1.54, 1.807) is 19.2 Å². The van der Waals surface area contributed by atoms with Gasteiger partial charge in [0.2, 0.25) is 11.8 Å². The Kier molecular flexibility index (Phi) is 9.85. The van der Waals surface area contributed by atoms with Crippen LogP contribution in [-0.2, 0) is 20.8 Å². The number of nitrogens with one attached hydrogen (secondary N) is 2. The van der Waals surface area contributed by atoms with Gasteiger partial charge in [0.15, 0.2) is 0 Å². The first-order valence-corrected chi connectivity index (χ1v) is 9.74. The van der Waals surface area contributed by atoms with Gasteiger partial charge in [-0.3, -0.25) is 14.4 Å². The summed E-state index contributed by atoms with van der Waals surface area (Å²) in [4.78, 5) is 36.2. The first kappa shape index (κ1) is 23.8. The predicted octanol–water partition coefficient (Wildman–Crippen LogP) is 1.90. The molecule has 8 heteroatoms. The van der Waals surface area contributed by atoms with Crippen LogP contribution in [0.15, 0.2) is 24.3 Å². The SMILES string of the molecule is CNC(=O)C(Cc1ccc(OC)cc1)NC(=O)C(CC(C)C)C(S)CC(=O)O. The fourth-order valence-electron chi connectivity index (χ4n) is 2.93. The number of thiol groups is 1. The summed E-state index contributed by atoms with van der Waals surface area (Å²) in [6.45, 7) is 3.91. The summed E-state index contributed by atoms with van der Waals surface area (Å²) in [6, 6.07) is 6.47. The molecule has 0 saturated carbocycles. The topological polar surface area (TPSA) is 105 Å². The number of benzene rings is 1. The number of carbonyl (C=O) groups is 3. The Morgan fingerprint density at radius 2 is 1.75 bits per heavy atom. The first-order valence-electron chi connectivity index (χ1n) is 9.22. The van der Waals surface area contributed by atoms with Crippen LogP contribution in [0, 0.1) is 11.8 Å². The van der Waals surface area contributed by atoms with Crippen molar-refractivity contribution < 1.29 is 24.2 Å². The Hall–Kier alpha value is -2.22. The molecule has 0 fully saturated rings. The van der Waals surface area contributed by atoms with Gasteiger partial charge in [-0.2, -0.15) is 12.6 Å². The van der Waals surface area contributed by atoms with Gasteiger partial charge in [0, 0.05) is 18.7 Å². The monoisotopic (exact) mass is 410 g/mol. The number of methoxy groups -OCH3 is 1. The molecule has 0 aliphatic rings. The second-order valence-electron chi connectivity index (χ2n) is 7.13. The van der Waals surface area contributed by atoms with Crippen molar-refractivity contribution >= 4 is 30.4 Å². The Morgan fingerprint density at radius 3 is 2.21 bits per heavy atom. The molecule has 1 aromatic rings. The van der Waals surface area contributed by atoms with Crippen LogP contribution in [0.4, 0.5) is 0 Å². The summed E-state index contributed by atoms with van der Waals surface area (Å²) in [7, 11) is 3.08. The van der Waals surface area contributed by atoms with Crippen molar-refractivity contribution in [1.29, 1.82) is 0 Å². The number of hydrogen-bond acceptors (Lipinski definition) is 5. The molecular weight excluding hydrogens is 380 g/mol. The number of rotatable bonds is 11. The number of carbonyl (C=O) groups excluding carboxylic acids is 2. The molecule has 2 amide bonds. The van der Waals surface area contributed by atoms with Gasteiger partial charge in [-0.15, -0.1) is 0 Å². The quantitative estimate of drug-likeness (QED) is 0.417. The van der Waals surface area contributed by atoms with E-state index in [1.807, 2.05) is 26.0 Å². The van der Waals surface area contributed by atoms with Crippen molar-refractivity contribution in [2.75, 3.05) is 14.2 Å². The van der Waals surface area contributed by atoms with E-state index >= 15 is 0 Å². The average molecular weight is 411 g/mol. The van der Waals surface area contributed by atoms with Gasteiger partial charge in [-0.05, 0) is 30.0 Å². The number of carboxylic acids is 1. The van der Waals surface area contributed by atoms with E-state index in [0.29, 0.717) is 18.6 Å². The third-order valence-corrected chi connectivity index (χ3v) is 4.93. The predicted molar refractivity (Wildman–Crippen MR) is 111 cm³/mol. The Bertz CT molecular complexity index is 663. The fourth-order valence-corrected chi connectivity index (χ4v) is 3.34. The molecule has 3 N–H and O–H groups in total. The highest BCUT2D eigenvalue weighted by molar-refractivity contribution is 7.81. The van der Waals surface area contributed by atoms with Crippen molar-refractivity contribution in [1.82, 2.24) is 10.6 Å². The molecular formula is C20H30N2O5S. The highest BCUT2D eigenvalue weighted by Gasteiger charge is 2.31. The minimum atomic E-state index is -1.01. The summed E-state index contributed by atoms with van der Waals surface area (Å²) >= 11 is 4.34. The maximum atomic E-state index is 12.9. The minimum Gasteiger partial charge on any atom is -0.497 e. The van der Waals surface area contributed by atoms with Gasteiger partial charge in [0.1, 0.15) is 11.8 Å². The van der Waals surface area contributed by atoms with Crippen LogP contribution in [0.3, 0.4) is 0 Å². The van der Waals surface area contributed by atoms with Crippen LogP contribution in [0.2, 0.25) is 0 Å². The zero-order chi connectivity index (χ0) is 21.3. The van der Waals surface area contributed by atoms with Crippen molar-refractivity contribution in [3.8, 4) is 5.75 Å². The molecule has 0 spiro atoms. The number of amides is 2. The van der Waals surface area contributed by atoms with Crippen LogP contribution in [-0.4, -0.2) is 48.3 Å². The summed E-state index contributed by atoms with van der Waals surface area (Å²) in [5, 5.41) is 13.7. The van der Waals surface area contributed by atoms with Crippen LogP contribution >= 0.6 is 12.6 Å². The Balaban J connectivity index is 2.95. The molecule has 3 atom stereocenters. The summed E-state index contributed by atoms with van der Waals surface area (Å²) in [6.07, 6.45) is 0.563. The van der Waals surface area contributed by atoms with E-state index in [2.05, 4.69) is 23.3 Å². The standard InChI is InChI=1S/C20H30N2O5S/c1-12(2)9-15(17(28)11-18(23)24)19(25)22-16(20(26)21-3)10-13-5-7-14(27-4)8-6-13/h5-8,12,15-17,28H,9-11H2,1-4H3,(H,21,26)(H,22,25)(H,23,24). The highest BCUT2D eigenvalue weighted by atomic mass is 32.1. The largest absolute Gasteiger partial charge is 0.497 e. The van der Waals surface area contributed by atoms with Gasteiger partial charge in [-0.1, -0.05) is 26.0 Å². The number of aliphatic carboxylic acids is 1. The normalized spacial score (nSPS) is 14.1. The smallest absolute Gasteiger partial charge is 0.304 e. The molecule has 0 heterocycles. The van der Waals surface area contributed by atoms with Crippen LogP contribution in [0.25, 0.3) is 0 Å². The van der Waals surface area contributed by atoms with Gasteiger partial charge in [0.05, 0.1) is 19.4 Å². The maximum absolute atomic E-state index is 12.9. The summed E-state index contributed by atoms with van der Waals surface area (Å²) in [5.41, 5.74) is 0.864. The number of hydrogen-bond donors (Lipinski definition) is 4. The minimum absolute atomic E-state index is 0.180. The van der Waals surface area contributed by atoms with E-state index in [9.17, 15) is 14.4 Å². The highest BCUT2D eigenvalue weighted by Crippen LogP contribution is 2.23. The first-order chi connectivity index (χ1) is 13.2. The van der Waals surface area contributed by atoms with E-state index in [1.165, 1.54) is 7.05 Å². The lowest BCUT2D eigenvalue weighted by atomic mass is 9.91. The molecule has 0 bridgehead atoms. The molecule has 156 valence electrons. The lowest BCUT2D eigenvalue weighted by Gasteiger charge is -2.26. The van der Waals surface area contributed by atoms with E-state index in [4.69, 9.17) is 9.84 Å². The molecule has 28 heavy (non-hydrogen) atoms. The third-order valence-electron chi connectivity index (χ3n) is 4.39. The molecule has 0 aliphatic carbocycles. The van der Waals surface area contributed by atoms with Crippen molar-refractivity contribution in [3.63, 3.8) is 0 Å². The molecule has 1 aromatic carbocycles. The summed E-state index contributed by atoms with van der Waals surface area (Å²) < 4.78 is 5.13. The van der Waals surface area contributed by atoms with E-state index in [0.717, 1.165) is 5.56 Å². The molecule has 1 rings (SSSR count). The van der Waals surface area contributed by atoms with Gasteiger partial charge in [0.25, 0.3) is 0 Å². The fraction of sp³-hybridized carbons (Fsp3) is 0.550. The number of ether oxygens (including phenoxy) is 1. The molecule has 0 saturated heterocycles. The van der Waals surface area contributed by atoms with Gasteiger partial charge >= 0.3 is 5.97 Å². The van der Waals surface area contributed by atoms with Crippen molar-refractivity contribution in [3.05, 3.63) is 29.8 Å². The molecule has 0 aromatic heterocycles. The Labute approximate surface area is 171 Å². The average Bonchev–Trinajstić information content (AvgIpc) is 2.64. The Morgan fingerprint density at radius 1 is 1.14 bits per heavy atom. The lowest BCUT2D eigenvalue weighted by Crippen LogP contribution is -2.50. The molecule has 7 nitrogen and oxygen atoms in total. The maximum Gasteiger partial charge on any atom is 0.304 e. The molecule has 0 aliphatic heterocycles. The second-order valence-corrected chi connectivity index (χ2v) is 7.79. The van der Waals surface area contributed by atoms with E-state index in [-0.39, 0.29) is 24.2 Å². The van der Waals surface area contributed by atoms with Gasteiger partial charge < -0.3 is 20.5 Å². The van der Waals surface area contributed by atoms with Crippen molar-refractivity contribution in [2.45, 2.75) is 44.4 Å². The lowest BCUT2D eigenvalue weighted by molar-refractivity contribution is -0.137. The van der Waals surface area contributed by atoms with Crippen LogP contribution < -0.4 is 15.4 Å². The molecule has 3 unspecified atom stereocenters. The zero-order valence-corrected chi connectivity index (χ0v) is 17.7. The van der Waals surface area contributed by atoms with Crippen LogP contribution in [0.1, 0.15) is 32.3 Å². The zero-order valence-electron chi connectivity index (χ0n) is 16.8. The molecule has 0 radical (unpaired) electrons. The number of likely N-dealkylation sites (N-methyl/N-ethyl adjacent to an activating group) is 1. The van der Waals surface area contributed by atoms with Gasteiger partial charge in [-0.25, -0.2) is 0 Å². The third kappa shape index (κ3) is 7.80. The number of carboxylic acid groups (broad SMARTS) is 1. The van der Waals surface area contributed by atoms with E-state index < -0.39 is 23.2 Å².